The molecule has 0 aliphatic rings. The zero-order valence-corrected chi connectivity index (χ0v) is 13.4. The minimum atomic E-state index is -0.818. The van der Waals surface area contributed by atoms with Crippen LogP contribution in [0.25, 0.3) is 0 Å². The van der Waals surface area contributed by atoms with Gasteiger partial charge in [0.05, 0.1) is 0 Å². The second-order valence-corrected chi connectivity index (χ2v) is 5.92. The third-order valence-electron chi connectivity index (χ3n) is 2.71. The number of anilines is 1. The van der Waals surface area contributed by atoms with Crippen molar-refractivity contribution >= 4 is 43.5 Å². The molecule has 1 atom stereocenters. The Morgan fingerprint density at radius 3 is 2.40 bits per heavy atom. The van der Waals surface area contributed by atoms with E-state index >= 15 is 0 Å². The number of hydrogen-bond acceptors (Lipinski definition) is 2. The Kier molecular flexibility index (Phi) is 4.77. The topological polar surface area (TPSA) is 55.1 Å². The molecule has 2 aromatic carbocycles. The van der Waals surface area contributed by atoms with Crippen LogP contribution in [-0.4, -0.2) is 5.91 Å². The molecule has 3 nitrogen and oxygen atoms in total. The van der Waals surface area contributed by atoms with E-state index in [1.807, 2.05) is 12.1 Å². The average molecular weight is 402 g/mol. The molecule has 0 heterocycles. The van der Waals surface area contributed by atoms with Gasteiger partial charge in [0.25, 0.3) is 0 Å². The van der Waals surface area contributed by atoms with Crippen LogP contribution in [0.1, 0.15) is 11.6 Å². The van der Waals surface area contributed by atoms with E-state index in [4.69, 9.17) is 5.73 Å². The van der Waals surface area contributed by atoms with E-state index < -0.39 is 17.8 Å². The summed E-state index contributed by atoms with van der Waals surface area (Å²) in [6.45, 7) is 0. The normalized spacial score (nSPS) is 11.9. The quantitative estimate of drug-likeness (QED) is 0.813. The fraction of sp³-hybridized carbons (Fsp3) is 0.0714. The first-order chi connectivity index (χ1) is 9.47. The molecule has 3 N–H and O–H groups in total. The van der Waals surface area contributed by atoms with Crippen molar-refractivity contribution < 1.29 is 9.18 Å². The molecule has 2 rings (SSSR count). The number of halogens is 3. The van der Waals surface area contributed by atoms with Crippen LogP contribution in [0.4, 0.5) is 10.1 Å². The van der Waals surface area contributed by atoms with Gasteiger partial charge in [-0.1, -0.05) is 31.9 Å². The molecule has 0 aromatic heterocycles. The number of rotatable bonds is 4. The summed E-state index contributed by atoms with van der Waals surface area (Å²) in [6.07, 6.45) is 0. The smallest absolute Gasteiger partial charge is 0.244 e. The molecular formula is C14H11Br2FN2O. The van der Waals surface area contributed by atoms with Crippen molar-refractivity contribution in [2.24, 2.45) is 5.73 Å². The van der Waals surface area contributed by atoms with Crippen LogP contribution < -0.4 is 11.1 Å². The molecule has 0 spiro atoms. The monoisotopic (exact) mass is 400 g/mol. The summed E-state index contributed by atoms with van der Waals surface area (Å²) in [7, 11) is 0. The van der Waals surface area contributed by atoms with Crippen molar-refractivity contribution in [1.82, 2.24) is 0 Å². The van der Waals surface area contributed by atoms with Crippen LogP contribution in [0.2, 0.25) is 0 Å². The van der Waals surface area contributed by atoms with Crippen molar-refractivity contribution in [3.05, 3.63) is 62.8 Å². The minimum absolute atomic E-state index is 0.424. The maximum atomic E-state index is 13.4. The predicted molar refractivity (Wildman–Crippen MR) is 83.8 cm³/mol. The minimum Gasteiger partial charge on any atom is -0.370 e. The molecule has 0 saturated carbocycles. The third-order valence-corrected chi connectivity index (χ3v) is 3.96. The Morgan fingerprint density at radius 2 is 1.80 bits per heavy atom. The van der Waals surface area contributed by atoms with Gasteiger partial charge in [-0.3, -0.25) is 4.79 Å². The van der Waals surface area contributed by atoms with Crippen molar-refractivity contribution in [1.29, 1.82) is 0 Å². The highest BCUT2D eigenvalue weighted by molar-refractivity contribution is 9.10. The van der Waals surface area contributed by atoms with Crippen LogP contribution in [0.15, 0.2) is 51.4 Å². The van der Waals surface area contributed by atoms with Gasteiger partial charge in [-0.2, -0.15) is 0 Å². The summed E-state index contributed by atoms with van der Waals surface area (Å²) in [5.41, 5.74) is 6.59. The highest BCUT2D eigenvalue weighted by Gasteiger charge is 2.20. The van der Waals surface area contributed by atoms with E-state index in [0.29, 0.717) is 15.7 Å². The van der Waals surface area contributed by atoms with Crippen LogP contribution in [-0.2, 0) is 4.79 Å². The molecular weight excluding hydrogens is 391 g/mol. The Bertz CT molecular complexity index is 632. The SMILES string of the molecule is NC(=O)C(Nc1ccc(Br)cc1)c1cc(F)ccc1Br. The van der Waals surface area contributed by atoms with Gasteiger partial charge in [0, 0.05) is 20.2 Å². The van der Waals surface area contributed by atoms with Gasteiger partial charge in [0.2, 0.25) is 5.91 Å². The summed E-state index contributed by atoms with van der Waals surface area (Å²) in [6, 6.07) is 10.6. The Morgan fingerprint density at radius 1 is 1.15 bits per heavy atom. The molecule has 104 valence electrons. The van der Waals surface area contributed by atoms with Crippen LogP contribution in [0.3, 0.4) is 0 Å². The third kappa shape index (κ3) is 3.58. The highest BCUT2D eigenvalue weighted by atomic mass is 79.9. The molecule has 0 aliphatic carbocycles. The second-order valence-electron chi connectivity index (χ2n) is 4.15. The van der Waals surface area contributed by atoms with Crippen molar-refractivity contribution in [2.45, 2.75) is 6.04 Å². The molecule has 2 aromatic rings. The fourth-order valence-corrected chi connectivity index (χ4v) is 2.49. The lowest BCUT2D eigenvalue weighted by Crippen LogP contribution is -2.28. The number of nitrogens with two attached hydrogens (primary N) is 1. The summed E-state index contributed by atoms with van der Waals surface area (Å²) in [5.74, 6) is -1.01. The van der Waals surface area contributed by atoms with E-state index in [2.05, 4.69) is 37.2 Å². The molecule has 0 bridgehead atoms. The summed E-state index contributed by atoms with van der Waals surface area (Å²) < 4.78 is 14.9. The van der Waals surface area contributed by atoms with E-state index in [1.54, 1.807) is 18.2 Å². The number of nitrogens with one attached hydrogen (secondary N) is 1. The molecule has 0 saturated heterocycles. The van der Waals surface area contributed by atoms with Gasteiger partial charge in [0.15, 0.2) is 0 Å². The van der Waals surface area contributed by atoms with Gasteiger partial charge >= 0.3 is 0 Å². The van der Waals surface area contributed by atoms with Gasteiger partial charge in [-0.15, -0.1) is 0 Å². The van der Waals surface area contributed by atoms with Gasteiger partial charge in [-0.05, 0) is 42.5 Å². The zero-order chi connectivity index (χ0) is 14.7. The Hall–Kier alpha value is -1.40. The lowest BCUT2D eigenvalue weighted by atomic mass is 10.1. The van der Waals surface area contributed by atoms with Crippen LogP contribution in [0, 0.1) is 5.82 Å². The lowest BCUT2D eigenvalue weighted by molar-refractivity contribution is -0.118. The van der Waals surface area contributed by atoms with E-state index in [-0.39, 0.29) is 0 Å². The van der Waals surface area contributed by atoms with Crippen LogP contribution in [0.5, 0.6) is 0 Å². The molecule has 0 radical (unpaired) electrons. The van der Waals surface area contributed by atoms with Crippen molar-refractivity contribution in [3.8, 4) is 0 Å². The second kappa shape index (κ2) is 6.37. The summed E-state index contributed by atoms with van der Waals surface area (Å²) in [5, 5.41) is 3.00. The van der Waals surface area contributed by atoms with E-state index in [9.17, 15) is 9.18 Å². The highest BCUT2D eigenvalue weighted by Crippen LogP contribution is 2.27. The number of primary amides is 1. The van der Waals surface area contributed by atoms with E-state index in [1.165, 1.54) is 12.1 Å². The standard InChI is InChI=1S/C14H11Br2FN2O/c15-8-1-4-10(5-2-8)19-13(14(18)20)11-7-9(17)3-6-12(11)16/h1-7,13,19H,(H2,18,20). The number of carbonyl (C=O) groups is 1. The zero-order valence-electron chi connectivity index (χ0n) is 10.2. The van der Waals surface area contributed by atoms with Crippen molar-refractivity contribution in [3.63, 3.8) is 0 Å². The first kappa shape index (κ1) is 15.0. The maximum Gasteiger partial charge on any atom is 0.244 e. The average Bonchev–Trinajstić information content (AvgIpc) is 2.41. The largest absolute Gasteiger partial charge is 0.370 e. The predicted octanol–water partition coefficient (Wildman–Crippen LogP) is 3.99. The molecule has 0 fully saturated rings. The maximum absolute atomic E-state index is 13.4. The molecule has 0 aliphatic heterocycles. The number of benzene rings is 2. The number of carbonyl (C=O) groups excluding carboxylic acids is 1. The molecule has 1 unspecified atom stereocenters. The first-order valence-electron chi connectivity index (χ1n) is 5.74. The van der Waals surface area contributed by atoms with Gasteiger partial charge < -0.3 is 11.1 Å². The first-order valence-corrected chi connectivity index (χ1v) is 7.32. The Labute approximate surface area is 132 Å². The molecule has 6 heteroatoms. The summed E-state index contributed by atoms with van der Waals surface area (Å²) in [4.78, 5) is 11.6. The lowest BCUT2D eigenvalue weighted by Gasteiger charge is -2.18. The van der Waals surface area contributed by atoms with Gasteiger partial charge in [0.1, 0.15) is 11.9 Å². The number of hydrogen-bond donors (Lipinski definition) is 2. The molecule has 1 amide bonds. The van der Waals surface area contributed by atoms with Gasteiger partial charge in [-0.25, -0.2) is 4.39 Å². The number of amides is 1. The fourth-order valence-electron chi connectivity index (χ4n) is 1.75. The van der Waals surface area contributed by atoms with E-state index in [0.717, 1.165) is 4.47 Å². The van der Waals surface area contributed by atoms with Crippen molar-refractivity contribution in [2.75, 3.05) is 5.32 Å². The summed E-state index contributed by atoms with van der Waals surface area (Å²) >= 11 is 6.63. The molecule has 20 heavy (non-hydrogen) atoms. The Balaban J connectivity index is 2.34. The van der Waals surface area contributed by atoms with Crippen LogP contribution >= 0.6 is 31.9 Å².